The number of hydrogen-bond acceptors (Lipinski definition) is 8. The van der Waals surface area contributed by atoms with Gasteiger partial charge in [-0.05, 0) is 94.9 Å². The molecule has 1 saturated heterocycles. The molecule has 3 N–H and O–H groups in total. The summed E-state index contributed by atoms with van der Waals surface area (Å²) in [5, 5.41) is 2.95. The van der Waals surface area contributed by atoms with Gasteiger partial charge in [-0.2, -0.15) is 0 Å². The molecule has 9 heteroatoms. The van der Waals surface area contributed by atoms with Crippen LogP contribution in [0, 0.1) is 6.92 Å². The number of aryl methyl sites for hydroxylation is 2. The third-order valence-electron chi connectivity index (χ3n) is 7.44. The molecule has 1 fully saturated rings. The lowest BCUT2D eigenvalue weighted by molar-refractivity contribution is 0.0523. The molecule has 0 saturated carbocycles. The van der Waals surface area contributed by atoms with E-state index in [1.807, 2.05) is 38.0 Å². The number of hydrogen-bond donors (Lipinski definition) is 2. The Morgan fingerprint density at radius 2 is 1.79 bits per heavy atom. The van der Waals surface area contributed by atoms with Gasteiger partial charge >= 0.3 is 6.09 Å². The number of benzene rings is 2. The fourth-order valence-electron chi connectivity index (χ4n) is 5.11. The molecule has 2 heterocycles. The van der Waals surface area contributed by atoms with E-state index in [4.69, 9.17) is 10.5 Å². The summed E-state index contributed by atoms with van der Waals surface area (Å²) in [6.07, 6.45) is 2.69. The van der Waals surface area contributed by atoms with Gasteiger partial charge in [-0.1, -0.05) is 30.3 Å². The van der Waals surface area contributed by atoms with Crippen LogP contribution in [0.25, 0.3) is 10.4 Å². The highest BCUT2D eigenvalue weighted by molar-refractivity contribution is 7.99. The van der Waals surface area contributed by atoms with Gasteiger partial charge in [-0.3, -0.25) is 0 Å². The molecule has 2 aromatic carbocycles. The first kappa shape index (κ1) is 32.5. The van der Waals surface area contributed by atoms with E-state index in [1.54, 1.807) is 11.3 Å². The Kier molecular flexibility index (Phi) is 12.3. The maximum atomic E-state index is 12.3. The van der Waals surface area contributed by atoms with E-state index in [9.17, 15) is 4.79 Å². The number of thioether (sulfide) groups is 1. The zero-order valence-electron chi connectivity index (χ0n) is 25.6. The van der Waals surface area contributed by atoms with Crippen LogP contribution >= 0.6 is 23.1 Å². The molecule has 1 amide bonds. The van der Waals surface area contributed by atoms with Gasteiger partial charge in [-0.25, -0.2) is 9.78 Å². The zero-order valence-corrected chi connectivity index (χ0v) is 27.2. The van der Waals surface area contributed by atoms with Crippen molar-refractivity contribution in [3.63, 3.8) is 0 Å². The topological polar surface area (TPSA) is 83.7 Å². The van der Waals surface area contributed by atoms with Crippen LogP contribution in [-0.4, -0.2) is 77.5 Å². The summed E-state index contributed by atoms with van der Waals surface area (Å²) in [6, 6.07) is 17.3. The number of thiazole rings is 1. The first-order chi connectivity index (χ1) is 20.2. The van der Waals surface area contributed by atoms with E-state index in [0.29, 0.717) is 6.54 Å². The van der Waals surface area contributed by atoms with Crippen LogP contribution in [0.15, 0.2) is 58.9 Å². The highest BCUT2D eigenvalue weighted by Gasteiger charge is 2.19. The van der Waals surface area contributed by atoms with Crippen LogP contribution in [0.5, 0.6) is 0 Å². The predicted octanol–water partition coefficient (Wildman–Crippen LogP) is 6.20. The van der Waals surface area contributed by atoms with Gasteiger partial charge in [0.1, 0.15) is 5.60 Å². The van der Waals surface area contributed by atoms with E-state index in [0.717, 1.165) is 75.5 Å². The van der Waals surface area contributed by atoms with Crippen molar-refractivity contribution in [2.24, 2.45) is 5.73 Å². The molecule has 1 unspecified atom stereocenters. The minimum atomic E-state index is -0.516. The number of carbonyl (C=O) groups excluding carboxylic acids is 1. The molecule has 0 radical (unpaired) electrons. The SMILES string of the molecule is Cc1ncsc1-c1ccc(CNC(=O)OC(C)(C)C)c(CCCN2CCN(CCC(N)CSc3ccccc3)CC2)c1. The summed E-state index contributed by atoms with van der Waals surface area (Å²) in [5.41, 5.74) is 12.5. The van der Waals surface area contributed by atoms with E-state index < -0.39 is 5.60 Å². The molecule has 1 aliphatic rings. The van der Waals surface area contributed by atoms with Crippen molar-refractivity contribution in [1.82, 2.24) is 20.1 Å². The second-order valence-electron chi connectivity index (χ2n) is 12.1. The van der Waals surface area contributed by atoms with Crippen LogP contribution in [0.1, 0.15) is 50.4 Å². The Morgan fingerprint density at radius 1 is 1.07 bits per heavy atom. The van der Waals surface area contributed by atoms with E-state index in [2.05, 4.69) is 75.6 Å². The largest absolute Gasteiger partial charge is 0.444 e. The number of amides is 1. The van der Waals surface area contributed by atoms with Gasteiger partial charge < -0.3 is 25.6 Å². The Labute approximate surface area is 260 Å². The molecule has 7 nitrogen and oxygen atoms in total. The van der Waals surface area contributed by atoms with E-state index >= 15 is 0 Å². The number of rotatable bonds is 13. The van der Waals surface area contributed by atoms with Gasteiger partial charge in [-0.15, -0.1) is 23.1 Å². The molecule has 4 rings (SSSR count). The third-order valence-corrected chi connectivity index (χ3v) is 9.62. The number of carbonyl (C=O) groups is 1. The summed E-state index contributed by atoms with van der Waals surface area (Å²) in [7, 11) is 0. The molecule has 0 aliphatic carbocycles. The van der Waals surface area contributed by atoms with E-state index in [-0.39, 0.29) is 12.1 Å². The minimum Gasteiger partial charge on any atom is -0.444 e. The van der Waals surface area contributed by atoms with Gasteiger partial charge in [0.15, 0.2) is 0 Å². The first-order valence-electron chi connectivity index (χ1n) is 15.0. The van der Waals surface area contributed by atoms with Crippen molar-refractivity contribution in [2.45, 2.75) is 70.0 Å². The van der Waals surface area contributed by atoms with Crippen LogP contribution < -0.4 is 11.1 Å². The molecule has 228 valence electrons. The normalized spacial score (nSPS) is 15.5. The second kappa shape index (κ2) is 15.9. The minimum absolute atomic E-state index is 0.219. The predicted molar refractivity (Wildman–Crippen MR) is 176 cm³/mol. The van der Waals surface area contributed by atoms with E-state index in [1.165, 1.54) is 20.9 Å². The van der Waals surface area contributed by atoms with Crippen molar-refractivity contribution in [2.75, 3.05) is 45.0 Å². The highest BCUT2D eigenvalue weighted by atomic mass is 32.2. The molecule has 1 aromatic heterocycles. The maximum Gasteiger partial charge on any atom is 0.407 e. The van der Waals surface area contributed by atoms with Crippen molar-refractivity contribution in [1.29, 1.82) is 0 Å². The standard InChI is InChI=1S/C33H47N5O2S2/c1-25-31(42-24-36-25)27-12-13-28(22-35-32(39)40-33(2,3)4)26(21-27)9-8-15-37-17-19-38(20-18-37)16-14-29(34)23-41-30-10-6-5-7-11-30/h5-7,10-13,21,24,29H,8-9,14-20,22-23,34H2,1-4H3,(H,35,39). The van der Waals surface area contributed by atoms with Gasteiger partial charge in [0.2, 0.25) is 0 Å². The number of nitrogens with two attached hydrogens (primary N) is 1. The smallest absolute Gasteiger partial charge is 0.407 e. The first-order valence-corrected chi connectivity index (χ1v) is 16.9. The van der Waals surface area contributed by atoms with Crippen molar-refractivity contribution in [3.8, 4) is 10.4 Å². The van der Waals surface area contributed by atoms with Crippen LogP contribution in [0.3, 0.4) is 0 Å². The molecule has 3 aromatic rings. The fraction of sp³-hybridized carbons (Fsp3) is 0.515. The molecule has 0 spiro atoms. The Hall–Kier alpha value is -2.43. The number of ether oxygens (including phenoxy) is 1. The second-order valence-corrected chi connectivity index (χ2v) is 14.0. The van der Waals surface area contributed by atoms with Gasteiger partial charge in [0.25, 0.3) is 0 Å². The lowest BCUT2D eigenvalue weighted by atomic mass is 9.98. The lowest BCUT2D eigenvalue weighted by Crippen LogP contribution is -2.47. The monoisotopic (exact) mass is 609 g/mol. The number of nitrogens with zero attached hydrogens (tertiary/aromatic N) is 3. The number of aromatic nitrogens is 1. The molecule has 0 bridgehead atoms. The Balaban J connectivity index is 1.23. The highest BCUT2D eigenvalue weighted by Crippen LogP contribution is 2.29. The zero-order chi connectivity index (χ0) is 30.0. The van der Waals surface area contributed by atoms with Crippen molar-refractivity contribution in [3.05, 3.63) is 70.9 Å². The van der Waals surface area contributed by atoms with Crippen LogP contribution in [0.2, 0.25) is 0 Å². The maximum absolute atomic E-state index is 12.3. The summed E-state index contributed by atoms with van der Waals surface area (Å²) in [6.45, 7) is 14.7. The number of nitrogens with one attached hydrogen (secondary N) is 1. The summed E-state index contributed by atoms with van der Waals surface area (Å²) >= 11 is 3.52. The van der Waals surface area contributed by atoms with Crippen LogP contribution in [0.4, 0.5) is 4.79 Å². The lowest BCUT2D eigenvalue weighted by Gasteiger charge is -2.35. The quantitative estimate of drug-likeness (QED) is 0.223. The Bertz CT molecular complexity index is 1250. The third kappa shape index (κ3) is 10.7. The fourth-order valence-corrected chi connectivity index (χ4v) is 6.84. The molecular formula is C33H47N5O2S2. The van der Waals surface area contributed by atoms with Gasteiger partial charge in [0, 0.05) is 49.4 Å². The molecular weight excluding hydrogens is 563 g/mol. The summed E-state index contributed by atoms with van der Waals surface area (Å²) in [4.78, 5) is 24.4. The number of piperazine rings is 1. The Morgan fingerprint density at radius 3 is 2.45 bits per heavy atom. The van der Waals surface area contributed by atoms with Crippen molar-refractivity contribution >= 4 is 29.2 Å². The summed E-state index contributed by atoms with van der Waals surface area (Å²) in [5.74, 6) is 0.961. The summed E-state index contributed by atoms with van der Waals surface area (Å²) < 4.78 is 5.45. The van der Waals surface area contributed by atoms with Gasteiger partial charge in [0.05, 0.1) is 16.1 Å². The molecule has 1 atom stereocenters. The average Bonchev–Trinajstić information content (AvgIpc) is 3.40. The molecule has 42 heavy (non-hydrogen) atoms. The average molecular weight is 610 g/mol. The number of alkyl carbamates (subject to hydrolysis) is 1. The van der Waals surface area contributed by atoms with Crippen LogP contribution in [-0.2, 0) is 17.7 Å². The molecule has 1 aliphatic heterocycles. The van der Waals surface area contributed by atoms with Crippen molar-refractivity contribution < 1.29 is 9.53 Å².